The van der Waals surface area contributed by atoms with Gasteiger partial charge in [0.25, 0.3) is 0 Å². The SMILES string of the molecule is Cc1cccc(NC(=O)Nc2cc(C(C)(C)C)on2)c1C. The molecule has 0 saturated heterocycles. The standard InChI is InChI=1S/C16H21N3O2/c1-10-7-6-8-12(11(10)2)17-15(20)18-14-9-13(21-19-14)16(3,4)5/h6-9H,1-5H3,(H2,17,18,19,20). The number of amides is 2. The molecule has 0 aliphatic carbocycles. The van der Waals surface area contributed by atoms with Crippen LogP contribution in [0.4, 0.5) is 16.3 Å². The number of benzene rings is 1. The average molecular weight is 287 g/mol. The second-order valence-corrected chi connectivity index (χ2v) is 6.15. The third-order valence-electron chi connectivity index (χ3n) is 3.34. The number of aromatic nitrogens is 1. The Morgan fingerprint density at radius 3 is 2.52 bits per heavy atom. The molecular weight excluding hydrogens is 266 g/mol. The number of nitrogens with zero attached hydrogens (tertiary/aromatic N) is 1. The van der Waals surface area contributed by atoms with Crippen LogP contribution in [-0.2, 0) is 5.41 Å². The molecule has 0 spiro atoms. The quantitative estimate of drug-likeness (QED) is 0.868. The molecule has 112 valence electrons. The first kappa shape index (κ1) is 15.1. The van der Waals surface area contributed by atoms with Gasteiger partial charge in [-0.3, -0.25) is 5.32 Å². The lowest BCUT2D eigenvalue weighted by molar-refractivity contribution is 0.262. The molecule has 1 aromatic heterocycles. The fourth-order valence-corrected chi connectivity index (χ4v) is 1.84. The minimum Gasteiger partial charge on any atom is -0.359 e. The predicted molar refractivity (Wildman–Crippen MR) is 83.8 cm³/mol. The van der Waals surface area contributed by atoms with Gasteiger partial charge in [0.1, 0.15) is 5.76 Å². The van der Waals surface area contributed by atoms with Crippen molar-refractivity contribution in [2.45, 2.75) is 40.0 Å². The van der Waals surface area contributed by atoms with Gasteiger partial charge >= 0.3 is 6.03 Å². The molecular formula is C16H21N3O2. The van der Waals surface area contributed by atoms with Crippen LogP contribution in [0.2, 0.25) is 0 Å². The van der Waals surface area contributed by atoms with Gasteiger partial charge in [-0.05, 0) is 31.0 Å². The zero-order valence-electron chi connectivity index (χ0n) is 13.1. The molecule has 2 amide bonds. The molecule has 0 aliphatic heterocycles. The topological polar surface area (TPSA) is 67.2 Å². The first-order valence-electron chi connectivity index (χ1n) is 6.89. The Labute approximate surface area is 124 Å². The molecule has 0 unspecified atom stereocenters. The fourth-order valence-electron chi connectivity index (χ4n) is 1.84. The molecule has 1 heterocycles. The lowest BCUT2D eigenvalue weighted by Crippen LogP contribution is -2.20. The van der Waals surface area contributed by atoms with Crippen LogP contribution in [0, 0.1) is 13.8 Å². The summed E-state index contributed by atoms with van der Waals surface area (Å²) in [5.41, 5.74) is 2.82. The molecule has 0 atom stereocenters. The molecule has 2 aromatic rings. The molecule has 0 saturated carbocycles. The van der Waals surface area contributed by atoms with Crippen LogP contribution in [0.25, 0.3) is 0 Å². The number of anilines is 2. The summed E-state index contributed by atoms with van der Waals surface area (Å²) >= 11 is 0. The van der Waals surface area contributed by atoms with E-state index < -0.39 is 0 Å². The van der Waals surface area contributed by atoms with E-state index in [2.05, 4.69) is 15.8 Å². The van der Waals surface area contributed by atoms with Crippen LogP contribution in [0.1, 0.15) is 37.7 Å². The van der Waals surface area contributed by atoms with Crippen molar-refractivity contribution < 1.29 is 9.32 Å². The Bertz CT molecular complexity index is 654. The highest BCUT2D eigenvalue weighted by Crippen LogP contribution is 2.24. The second-order valence-electron chi connectivity index (χ2n) is 6.15. The molecule has 5 heteroatoms. The zero-order chi connectivity index (χ0) is 15.6. The van der Waals surface area contributed by atoms with Gasteiger partial charge in [0, 0.05) is 17.2 Å². The largest absolute Gasteiger partial charge is 0.359 e. The summed E-state index contributed by atoms with van der Waals surface area (Å²) in [5, 5.41) is 9.35. The summed E-state index contributed by atoms with van der Waals surface area (Å²) in [6.07, 6.45) is 0. The number of nitrogens with one attached hydrogen (secondary N) is 2. The molecule has 1 aromatic carbocycles. The number of carbonyl (C=O) groups excluding carboxylic acids is 1. The molecule has 0 aliphatic rings. The van der Waals surface area contributed by atoms with Gasteiger partial charge in [0.2, 0.25) is 0 Å². The van der Waals surface area contributed by atoms with E-state index >= 15 is 0 Å². The van der Waals surface area contributed by atoms with E-state index in [9.17, 15) is 4.79 Å². The number of aryl methyl sites for hydroxylation is 1. The summed E-state index contributed by atoms with van der Waals surface area (Å²) in [4.78, 5) is 12.0. The van der Waals surface area contributed by atoms with Crippen molar-refractivity contribution in [1.82, 2.24) is 5.16 Å². The minimum absolute atomic E-state index is 0.142. The van der Waals surface area contributed by atoms with Gasteiger partial charge in [-0.25, -0.2) is 4.79 Å². The van der Waals surface area contributed by atoms with Crippen molar-refractivity contribution >= 4 is 17.5 Å². The van der Waals surface area contributed by atoms with E-state index in [1.54, 1.807) is 6.07 Å². The molecule has 0 bridgehead atoms. The van der Waals surface area contributed by atoms with E-state index in [0.717, 1.165) is 22.6 Å². The number of hydrogen-bond acceptors (Lipinski definition) is 3. The summed E-state index contributed by atoms with van der Waals surface area (Å²) in [6.45, 7) is 10.0. The molecule has 21 heavy (non-hydrogen) atoms. The fraction of sp³-hybridized carbons (Fsp3) is 0.375. The van der Waals surface area contributed by atoms with Crippen molar-refractivity contribution in [2.75, 3.05) is 10.6 Å². The first-order chi connectivity index (χ1) is 9.77. The smallest absolute Gasteiger partial charge is 0.324 e. The van der Waals surface area contributed by atoms with Crippen LogP contribution < -0.4 is 10.6 Å². The molecule has 2 N–H and O–H groups in total. The predicted octanol–water partition coefficient (Wildman–Crippen LogP) is 4.23. The Morgan fingerprint density at radius 1 is 1.19 bits per heavy atom. The molecule has 0 fully saturated rings. The zero-order valence-corrected chi connectivity index (χ0v) is 13.1. The first-order valence-corrected chi connectivity index (χ1v) is 6.89. The van der Waals surface area contributed by atoms with Gasteiger partial charge in [-0.2, -0.15) is 0 Å². The highest BCUT2D eigenvalue weighted by molar-refractivity contribution is 5.99. The van der Waals surface area contributed by atoms with Crippen LogP contribution in [0.5, 0.6) is 0 Å². The third-order valence-corrected chi connectivity index (χ3v) is 3.34. The maximum absolute atomic E-state index is 12.0. The Hall–Kier alpha value is -2.30. The summed E-state index contributed by atoms with van der Waals surface area (Å²) in [7, 11) is 0. The molecule has 2 rings (SSSR count). The summed E-state index contributed by atoms with van der Waals surface area (Å²) in [5.74, 6) is 1.13. The van der Waals surface area contributed by atoms with E-state index in [1.165, 1.54) is 0 Å². The van der Waals surface area contributed by atoms with Crippen LogP contribution in [0.3, 0.4) is 0 Å². The minimum atomic E-state index is -0.336. The van der Waals surface area contributed by atoms with Crippen molar-refractivity contribution in [3.63, 3.8) is 0 Å². The van der Waals surface area contributed by atoms with E-state index in [1.807, 2.05) is 52.8 Å². The second kappa shape index (κ2) is 5.60. The van der Waals surface area contributed by atoms with Gasteiger partial charge in [-0.15, -0.1) is 0 Å². The number of carbonyl (C=O) groups is 1. The summed E-state index contributed by atoms with van der Waals surface area (Å²) in [6, 6.07) is 7.18. The Morgan fingerprint density at radius 2 is 1.90 bits per heavy atom. The Balaban J connectivity index is 2.05. The van der Waals surface area contributed by atoms with Crippen molar-refractivity contribution in [2.24, 2.45) is 0 Å². The maximum atomic E-state index is 12.0. The maximum Gasteiger partial charge on any atom is 0.324 e. The monoisotopic (exact) mass is 287 g/mol. The number of urea groups is 1. The van der Waals surface area contributed by atoms with Crippen LogP contribution in [-0.4, -0.2) is 11.2 Å². The van der Waals surface area contributed by atoms with Crippen LogP contribution in [0.15, 0.2) is 28.8 Å². The molecule has 5 nitrogen and oxygen atoms in total. The number of rotatable bonds is 2. The number of hydrogen-bond donors (Lipinski definition) is 2. The van der Waals surface area contributed by atoms with E-state index in [0.29, 0.717) is 5.82 Å². The lowest BCUT2D eigenvalue weighted by atomic mass is 9.93. The van der Waals surface area contributed by atoms with Gasteiger partial charge in [-0.1, -0.05) is 38.1 Å². The molecule has 0 radical (unpaired) electrons. The third kappa shape index (κ3) is 3.62. The van der Waals surface area contributed by atoms with Gasteiger partial charge < -0.3 is 9.84 Å². The van der Waals surface area contributed by atoms with Crippen molar-refractivity contribution in [1.29, 1.82) is 0 Å². The Kier molecular flexibility index (Phi) is 4.02. The average Bonchev–Trinajstić information content (AvgIpc) is 2.83. The van der Waals surface area contributed by atoms with Gasteiger partial charge in [0.15, 0.2) is 5.82 Å². The summed E-state index contributed by atoms with van der Waals surface area (Å²) < 4.78 is 5.23. The normalized spacial score (nSPS) is 11.3. The van der Waals surface area contributed by atoms with Crippen LogP contribution >= 0.6 is 0 Å². The van der Waals surface area contributed by atoms with E-state index in [4.69, 9.17) is 4.52 Å². The lowest BCUT2D eigenvalue weighted by Gasteiger charge is -2.12. The van der Waals surface area contributed by atoms with Crippen molar-refractivity contribution in [3.05, 3.63) is 41.2 Å². The van der Waals surface area contributed by atoms with E-state index in [-0.39, 0.29) is 11.4 Å². The van der Waals surface area contributed by atoms with Crippen molar-refractivity contribution in [3.8, 4) is 0 Å². The highest BCUT2D eigenvalue weighted by atomic mass is 16.5. The van der Waals surface area contributed by atoms with Gasteiger partial charge in [0.05, 0.1) is 0 Å². The highest BCUT2D eigenvalue weighted by Gasteiger charge is 2.20.